The summed E-state index contributed by atoms with van der Waals surface area (Å²) in [6.07, 6.45) is -0.802. The summed E-state index contributed by atoms with van der Waals surface area (Å²) < 4.78 is 22.3. The lowest BCUT2D eigenvalue weighted by atomic mass is 10.2. The Morgan fingerprint density at radius 1 is 1.57 bits per heavy atom. The smallest absolute Gasteiger partial charge is 0.424 e. The number of amides is 1. The first-order valence-corrected chi connectivity index (χ1v) is 5.42. The van der Waals surface area contributed by atoms with Crippen LogP contribution in [0.4, 0.5) is 4.79 Å². The standard InChI is InChI=1S/C8H15NO4S/c1-6-5-9(14(11)13-6)7(10)12-8(2,3)4/h6H,5H2,1-4H3/t6-,14?/m1/s1. The van der Waals surface area contributed by atoms with E-state index in [1.807, 2.05) is 0 Å². The van der Waals surface area contributed by atoms with Crippen molar-refractivity contribution < 1.29 is 17.9 Å². The van der Waals surface area contributed by atoms with Crippen LogP contribution in [0.2, 0.25) is 0 Å². The number of rotatable bonds is 0. The maximum atomic E-state index is 11.4. The van der Waals surface area contributed by atoms with E-state index in [0.717, 1.165) is 4.31 Å². The molecule has 2 atom stereocenters. The minimum Gasteiger partial charge on any atom is -0.443 e. The minimum absolute atomic E-state index is 0.205. The molecule has 0 saturated carbocycles. The first-order chi connectivity index (χ1) is 6.29. The zero-order chi connectivity index (χ0) is 10.9. The Kier molecular flexibility index (Phi) is 3.16. The summed E-state index contributed by atoms with van der Waals surface area (Å²) in [6.45, 7) is 7.33. The molecule has 1 aliphatic heterocycles. The minimum atomic E-state index is -1.70. The van der Waals surface area contributed by atoms with Crippen molar-refractivity contribution in [3.8, 4) is 0 Å². The van der Waals surface area contributed by atoms with E-state index in [2.05, 4.69) is 0 Å². The molecule has 1 aliphatic rings. The van der Waals surface area contributed by atoms with Crippen molar-refractivity contribution in [3.63, 3.8) is 0 Å². The summed E-state index contributed by atoms with van der Waals surface area (Å²) in [6, 6.07) is 0. The van der Waals surface area contributed by atoms with E-state index < -0.39 is 23.0 Å². The van der Waals surface area contributed by atoms with Gasteiger partial charge in [0, 0.05) is 0 Å². The van der Waals surface area contributed by atoms with Crippen LogP contribution in [0.1, 0.15) is 27.7 Å². The van der Waals surface area contributed by atoms with Gasteiger partial charge in [-0.3, -0.25) is 4.18 Å². The summed E-state index contributed by atoms with van der Waals surface area (Å²) in [4.78, 5) is 11.4. The quantitative estimate of drug-likeness (QED) is 0.617. The van der Waals surface area contributed by atoms with Gasteiger partial charge in [0.15, 0.2) is 0 Å². The molecule has 82 valence electrons. The fraction of sp³-hybridized carbons (Fsp3) is 0.875. The number of hydrogen-bond donors (Lipinski definition) is 0. The number of ether oxygens (including phenoxy) is 1. The van der Waals surface area contributed by atoms with Gasteiger partial charge in [-0.1, -0.05) is 0 Å². The van der Waals surface area contributed by atoms with E-state index in [1.54, 1.807) is 27.7 Å². The summed E-state index contributed by atoms with van der Waals surface area (Å²) in [5, 5.41) is 0. The van der Waals surface area contributed by atoms with Crippen molar-refractivity contribution in [2.45, 2.75) is 39.4 Å². The number of carbonyl (C=O) groups is 1. The third-order valence-corrected chi connectivity index (χ3v) is 2.60. The summed E-state index contributed by atoms with van der Waals surface area (Å²) in [7, 11) is 0. The molecule has 0 bridgehead atoms. The van der Waals surface area contributed by atoms with Gasteiger partial charge in [0.05, 0.1) is 12.6 Å². The first-order valence-electron chi connectivity index (χ1n) is 4.39. The van der Waals surface area contributed by atoms with Gasteiger partial charge in [-0.25, -0.2) is 13.3 Å². The first kappa shape index (κ1) is 11.5. The van der Waals surface area contributed by atoms with Crippen LogP contribution in [0, 0.1) is 0 Å². The van der Waals surface area contributed by atoms with Gasteiger partial charge >= 0.3 is 6.09 Å². The van der Waals surface area contributed by atoms with E-state index in [0.29, 0.717) is 6.54 Å². The Morgan fingerprint density at radius 2 is 2.14 bits per heavy atom. The molecule has 6 heteroatoms. The van der Waals surface area contributed by atoms with Crippen molar-refractivity contribution >= 4 is 17.4 Å². The Balaban J connectivity index is 2.58. The summed E-state index contributed by atoms with van der Waals surface area (Å²) in [5.74, 6) is 0. The Labute approximate surface area is 86.2 Å². The fourth-order valence-corrected chi connectivity index (χ4v) is 1.90. The zero-order valence-corrected chi connectivity index (χ0v) is 9.59. The van der Waals surface area contributed by atoms with Crippen LogP contribution < -0.4 is 0 Å². The molecule has 0 aromatic carbocycles. The van der Waals surface area contributed by atoms with E-state index in [9.17, 15) is 9.00 Å². The fourth-order valence-electron chi connectivity index (χ4n) is 0.966. The van der Waals surface area contributed by atoms with Crippen LogP contribution in [-0.4, -0.2) is 32.9 Å². The normalized spacial score (nSPS) is 27.9. The third-order valence-electron chi connectivity index (χ3n) is 1.45. The predicted molar refractivity (Wildman–Crippen MR) is 51.6 cm³/mol. The third kappa shape index (κ3) is 2.95. The van der Waals surface area contributed by atoms with Gasteiger partial charge in [0.25, 0.3) is 11.3 Å². The Morgan fingerprint density at radius 3 is 2.50 bits per heavy atom. The van der Waals surface area contributed by atoms with Crippen molar-refractivity contribution in [1.82, 2.24) is 4.31 Å². The predicted octanol–water partition coefficient (Wildman–Crippen LogP) is 1.22. The number of carbonyl (C=O) groups excluding carboxylic acids is 1. The highest BCUT2D eigenvalue weighted by molar-refractivity contribution is 7.78. The Bertz CT molecular complexity index is 261. The molecular weight excluding hydrogens is 206 g/mol. The molecule has 0 aromatic rings. The molecule has 0 spiro atoms. The number of nitrogens with zero attached hydrogens (tertiary/aromatic N) is 1. The van der Waals surface area contributed by atoms with Crippen LogP contribution in [0.25, 0.3) is 0 Å². The lowest BCUT2D eigenvalue weighted by molar-refractivity contribution is 0.0403. The molecule has 1 fully saturated rings. The Hall–Kier alpha value is -0.620. The monoisotopic (exact) mass is 221 g/mol. The topological polar surface area (TPSA) is 55.8 Å². The lowest BCUT2D eigenvalue weighted by Crippen LogP contribution is -2.35. The molecule has 1 unspecified atom stereocenters. The van der Waals surface area contributed by atoms with Crippen LogP contribution in [0.5, 0.6) is 0 Å². The van der Waals surface area contributed by atoms with Crippen molar-refractivity contribution in [3.05, 3.63) is 0 Å². The van der Waals surface area contributed by atoms with Gasteiger partial charge < -0.3 is 4.74 Å². The van der Waals surface area contributed by atoms with Gasteiger partial charge in [-0.2, -0.15) is 0 Å². The molecule has 0 aromatic heterocycles. The van der Waals surface area contributed by atoms with E-state index >= 15 is 0 Å². The highest BCUT2D eigenvalue weighted by atomic mass is 32.2. The maximum absolute atomic E-state index is 11.4. The van der Waals surface area contributed by atoms with Gasteiger partial charge in [0.2, 0.25) is 0 Å². The molecular formula is C8H15NO4S. The SMILES string of the molecule is C[C@@H]1CN(C(=O)OC(C)(C)C)S(=O)O1. The zero-order valence-electron chi connectivity index (χ0n) is 8.77. The highest BCUT2D eigenvalue weighted by Crippen LogP contribution is 2.17. The highest BCUT2D eigenvalue weighted by Gasteiger charge is 2.34. The van der Waals surface area contributed by atoms with Gasteiger partial charge in [-0.15, -0.1) is 0 Å². The molecule has 1 rings (SSSR count). The van der Waals surface area contributed by atoms with Crippen LogP contribution in [0.15, 0.2) is 0 Å². The van der Waals surface area contributed by atoms with Gasteiger partial charge in [-0.05, 0) is 27.7 Å². The molecule has 1 heterocycles. The van der Waals surface area contributed by atoms with E-state index in [4.69, 9.17) is 8.92 Å². The summed E-state index contributed by atoms with van der Waals surface area (Å²) in [5.41, 5.74) is -0.576. The molecule has 1 saturated heterocycles. The lowest BCUT2D eigenvalue weighted by Gasteiger charge is -2.22. The maximum Gasteiger partial charge on any atom is 0.424 e. The second-order valence-electron chi connectivity index (χ2n) is 4.17. The second kappa shape index (κ2) is 3.86. The van der Waals surface area contributed by atoms with Crippen LogP contribution in [-0.2, 0) is 20.2 Å². The largest absolute Gasteiger partial charge is 0.443 e. The van der Waals surface area contributed by atoms with E-state index in [1.165, 1.54) is 0 Å². The van der Waals surface area contributed by atoms with Crippen LogP contribution in [0.3, 0.4) is 0 Å². The molecule has 0 aliphatic carbocycles. The number of hydrogen-bond acceptors (Lipinski definition) is 4. The average molecular weight is 221 g/mol. The molecule has 0 N–H and O–H groups in total. The molecule has 0 radical (unpaired) electrons. The van der Waals surface area contributed by atoms with Crippen molar-refractivity contribution in [2.75, 3.05) is 6.54 Å². The summed E-state index contributed by atoms with van der Waals surface area (Å²) >= 11 is -1.70. The molecule has 5 nitrogen and oxygen atoms in total. The van der Waals surface area contributed by atoms with Crippen molar-refractivity contribution in [2.24, 2.45) is 0 Å². The average Bonchev–Trinajstić information content (AvgIpc) is 2.26. The van der Waals surface area contributed by atoms with Crippen LogP contribution >= 0.6 is 0 Å². The van der Waals surface area contributed by atoms with E-state index in [-0.39, 0.29) is 6.10 Å². The second-order valence-corrected chi connectivity index (χ2v) is 5.23. The van der Waals surface area contributed by atoms with Gasteiger partial charge in [0.1, 0.15) is 5.60 Å². The molecule has 1 amide bonds. The molecule has 14 heavy (non-hydrogen) atoms. The van der Waals surface area contributed by atoms with Crippen molar-refractivity contribution in [1.29, 1.82) is 0 Å².